The van der Waals surface area contributed by atoms with Gasteiger partial charge in [-0.05, 0) is 71.1 Å². The van der Waals surface area contributed by atoms with Gasteiger partial charge < -0.3 is 0 Å². The Bertz CT molecular complexity index is 273. The van der Waals surface area contributed by atoms with Crippen LogP contribution in [-0.2, 0) is 9.78 Å². The van der Waals surface area contributed by atoms with Crippen molar-refractivity contribution >= 4 is 0 Å². The van der Waals surface area contributed by atoms with Crippen LogP contribution in [0, 0.1) is 17.3 Å². The van der Waals surface area contributed by atoms with E-state index in [1.165, 1.54) is 19.3 Å². The second-order valence-corrected chi connectivity index (χ2v) is 8.49. The molecule has 0 heterocycles. The van der Waals surface area contributed by atoms with Crippen LogP contribution in [0.3, 0.4) is 0 Å². The Hall–Kier alpha value is -0.0800. The van der Waals surface area contributed by atoms with Crippen molar-refractivity contribution in [1.82, 2.24) is 0 Å². The molecule has 0 N–H and O–H groups in total. The molecule has 2 unspecified atom stereocenters. The summed E-state index contributed by atoms with van der Waals surface area (Å²) in [5.74, 6) is 1.34. The van der Waals surface area contributed by atoms with Gasteiger partial charge in [-0.3, -0.25) is 0 Å². The topological polar surface area (TPSA) is 18.5 Å². The van der Waals surface area contributed by atoms with Gasteiger partial charge in [0.1, 0.15) is 5.60 Å². The summed E-state index contributed by atoms with van der Waals surface area (Å²) in [4.78, 5) is 11.3. The lowest BCUT2D eigenvalue weighted by Crippen LogP contribution is -2.43. The van der Waals surface area contributed by atoms with E-state index in [2.05, 4.69) is 34.6 Å². The third kappa shape index (κ3) is 4.89. The molecule has 0 aromatic carbocycles. The Morgan fingerprint density at radius 2 is 1.50 bits per heavy atom. The highest BCUT2D eigenvalue weighted by atomic mass is 17.2. The van der Waals surface area contributed by atoms with E-state index in [0.29, 0.717) is 11.3 Å². The SMILES string of the molecule is CC1CC(C(C)(C)OOC(C)(C)C)CC(C)(C)C1. The molecular weight excluding hydrogens is 224 g/mol. The number of rotatable bonds is 3. The minimum absolute atomic E-state index is 0.209. The molecule has 18 heavy (non-hydrogen) atoms. The minimum Gasteiger partial charge on any atom is -0.230 e. The zero-order valence-electron chi connectivity index (χ0n) is 13.6. The lowest BCUT2D eigenvalue weighted by Gasteiger charge is -2.45. The normalized spacial score (nSPS) is 29.3. The molecule has 0 spiro atoms. The van der Waals surface area contributed by atoms with E-state index in [-0.39, 0.29) is 11.2 Å². The summed E-state index contributed by atoms with van der Waals surface area (Å²) in [6.45, 7) is 17.5. The van der Waals surface area contributed by atoms with Crippen molar-refractivity contribution < 1.29 is 9.78 Å². The molecule has 2 atom stereocenters. The van der Waals surface area contributed by atoms with Gasteiger partial charge in [-0.2, -0.15) is 0 Å². The third-order valence-corrected chi connectivity index (χ3v) is 3.88. The van der Waals surface area contributed by atoms with E-state index in [0.717, 1.165) is 5.92 Å². The number of hydrogen-bond acceptors (Lipinski definition) is 2. The maximum atomic E-state index is 5.78. The van der Waals surface area contributed by atoms with Crippen LogP contribution >= 0.6 is 0 Å². The van der Waals surface area contributed by atoms with Gasteiger partial charge in [0.2, 0.25) is 0 Å². The lowest BCUT2D eigenvalue weighted by molar-refractivity contribution is -0.408. The molecule has 0 aliphatic heterocycles. The quantitative estimate of drug-likeness (QED) is 0.524. The van der Waals surface area contributed by atoms with Crippen molar-refractivity contribution in [2.45, 2.75) is 85.9 Å². The molecule has 0 saturated heterocycles. The summed E-state index contributed by atoms with van der Waals surface area (Å²) in [7, 11) is 0. The third-order valence-electron chi connectivity index (χ3n) is 3.88. The highest BCUT2D eigenvalue weighted by molar-refractivity contribution is 4.90. The summed E-state index contributed by atoms with van der Waals surface area (Å²) in [5.41, 5.74) is -0.0308. The van der Waals surface area contributed by atoms with Gasteiger partial charge in [-0.1, -0.05) is 20.8 Å². The monoisotopic (exact) mass is 256 g/mol. The molecule has 2 nitrogen and oxygen atoms in total. The van der Waals surface area contributed by atoms with Gasteiger partial charge >= 0.3 is 0 Å². The molecule has 1 fully saturated rings. The molecule has 0 aromatic heterocycles. The minimum atomic E-state index is -0.243. The molecule has 0 radical (unpaired) electrons. The highest BCUT2D eigenvalue weighted by Gasteiger charge is 2.41. The van der Waals surface area contributed by atoms with Gasteiger partial charge in [-0.25, -0.2) is 9.78 Å². The fourth-order valence-corrected chi connectivity index (χ4v) is 3.18. The Labute approximate surface area is 113 Å². The van der Waals surface area contributed by atoms with Crippen LogP contribution in [0.25, 0.3) is 0 Å². The van der Waals surface area contributed by atoms with E-state index >= 15 is 0 Å². The van der Waals surface area contributed by atoms with Gasteiger partial charge in [0.05, 0.1) is 5.60 Å². The van der Waals surface area contributed by atoms with Crippen LogP contribution in [0.1, 0.15) is 74.7 Å². The molecule has 1 rings (SSSR count). The van der Waals surface area contributed by atoms with E-state index in [4.69, 9.17) is 9.78 Å². The van der Waals surface area contributed by atoms with Gasteiger partial charge in [0.15, 0.2) is 0 Å². The Morgan fingerprint density at radius 3 is 1.94 bits per heavy atom. The molecule has 1 aliphatic carbocycles. The van der Waals surface area contributed by atoms with Crippen LogP contribution < -0.4 is 0 Å². The summed E-state index contributed by atoms with van der Waals surface area (Å²) < 4.78 is 0. The first kappa shape index (κ1) is 16.0. The van der Waals surface area contributed by atoms with Crippen LogP contribution in [0.2, 0.25) is 0 Å². The number of hydrogen-bond donors (Lipinski definition) is 0. The van der Waals surface area contributed by atoms with Crippen molar-refractivity contribution in [3.63, 3.8) is 0 Å². The van der Waals surface area contributed by atoms with Gasteiger partial charge in [0, 0.05) is 0 Å². The molecule has 1 aliphatic rings. The average molecular weight is 256 g/mol. The van der Waals surface area contributed by atoms with Crippen molar-refractivity contribution in [1.29, 1.82) is 0 Å². The molecule has 1 saturated carbocycles. The zero-order valence-corrected chi connectivity index (χ0v) is 13.6. The Kier molecular flexibility index (Phi) is 4.55. The standard InChI is InChI=1S/C16H32O2/c1-12-9-13(11-15(5,6)10-12)16(7,8)18-17-14(2,3)4/h12-13H,9-11H2,1-8H3. The molecule has 0 bridgehead atoms. The van der Waals surface area contributed by atoms with E-state index in [1.54, 1.807) is 0 Å². The van der Waals surface area contributed by atoms with E-state index in [1.807, 2.05) is 20.8 Å². The summed E-state index contributed by atoms with van der Waals surface area (Å²) in [6, 6.07) is 0. The van der Waals surface area contributed by atoms with Crippen LogP contribution in [-0.4, -0.2) is 11.2 Å². The average Bonchev–Trinajstić information content (AvgIpc) is 2.10. The molecular formula is C16H32O2. The fourth-order valence-electron chi connectivity index (χ4n) is 3.18. The largest absolute Gasteiger partial charge is 0.230 e. The van der Waals surface area contributed by atoms with Crippen molar-refractivity contribution in [3.05, 3.63) is 0 Å². The summed E-state index contributed by atoms with van der Waals surface area (Å²) in [5, 5.41) is 0. The fraction of sp³-hybridized carbons (Fsp3) is 1.00. The van der Waals surface area contributed by atoms with E-state index < -0.39 is 0 Å². The summed E-state index contributed by atoms with van der Waals surface area (Å²) in [6.07, 6.45) is 3.78. The molecule has 0 amide bonds. The van der Waals surface area contributed by atoms with E-state index in [9.17, 15) is 0 Å². The van der Waals surface area contributed by atoms with Crippen molar-refractivity contribution in [2.24, 2.45) is 17.3 Å². The highest BCUT2D eigenvalue weighted by Crippen LogP contribution is 2.46. The van der Waals surface area contributed by atoms with Gasteiger partial charge in [-0.15, -0.1) is 0 Å². The van der Waals surface area contributed by atoms with Crippen LogP contribution in [0.4, 0.5) is 0 Å². The Balaban J connectivity index is 2.66. The van der Waals surface area contributed by atoms with Crippen molar-refractivity contribution in [2.75, 3.05) is 0 Å². The second kappa shape index (κ2) is 5.13. The maximum absolute atomic E-state index is 5.78. The molecule has 2 heteroatoms. The predicted molar refractivity (Wildman–Crippen MR) is 76.3 cm³/mol. The smallest absolute Gasteiger partial charge is 0.101 e. The lowest BCUT2D eigenvalue weighted by atomic mass is 9.64. The van der Waals surface area contributed by atoms with Crippen LogP contribution in [0.5, 0.6) is 0 Å². The zero-order chi connectivity index (χ0) is 14.2. The van der Waals surface area contributed by atoms with Crippen LogP contribution in [0.15, 0.2) is 0 Å². The van der Waals surface area contributed by atoms with Gasteiger partial charge in [0.25, 0.3) is 0 Å². The predicted octanol–water partition coefficient (Wildman–Crippen LogP) is 4.97. The first-order valence-electron chi connectivity index (χ1n) is 7.28. The maximum Gasteiger partial charge on any atom is 0.101 e. The molecule has 0 aromatic rings. The Morgan fingerprint density at radius 1 is 0.944 bits per heavy atom. The van der Waals surface area contributed by atoms with Crippen molar-refractivity contribution in [3.8, 4) is 0 Å². The first-order chi connectivity index (χ1) is 7.91. The summed E-state index contributed by atoms with van der Waals surface area (Å²) >= 11 is 0. The first-order valence-corrected chi connectivity index (χ1v) is 7.28. The molecule has 108 valence electrons. The second-order valence-electron chi connectivity index (χ2n) is 8.49.